The molecule has 3 rings (SSSR count). The van der Waals surface area contributed by atoms with Crippen LogP contribution in [0.15, 0.2) is 30.3 Å². The van der Waals surface area contributed by atoms with Gasteiger partial charge in [0.05, 0.1) is 0 Å². The Bertz CT molecular complexity index is 688. The van der Waals surface area contributed by atoms with Gasteiger partial charge in [0.2, 0.25) is 0 Å². The number of carbonyl (C=O) groups is 2. The summed E-state index contributed by atoms with van der Waals surface area (Å²) in [5, 5.41) is 0. The van der Waals surface area contributed by atoms with Gasteiger partial charge in [-0.15, -0.1) is 0 Å². The minimum Gasteiger partial charge on any atom is -0.445 e. The van der Waals surface area contributed by atoms with Crippen molar-refractivity contribution in [1.29, 1.82) is 0 Å². The lowest BCUT2D eigenvalue weighted by Gasteiger charge is -2.38. The Morgan fingerprint density at radius 2 is 1.50 bits per heavy atom. The van der Waals surface area contributed by atoms with Crippen molar-refractivity contribution in [3.05, 3.63) is 35.9 Å². The molecule has 7 heteroatoms. The minimum absolute atomic E-state index is 0.218. The molecule has 0 radical (unpaired) electrons. The molecule has 2 fully saturated rings. The summed E-state index contributed by atoms with van der Waals surface area (Å²) in [6.45, 7) is 11.7. The van der Waals surface area contributed by atoms with E-state index in [2.05, 4.69) is 4.90 Å². The number of rotatable bonds is 4. The van der Waals surface area contributed by atoms with Gasteiger partial charge in [0.1, 0.15) is 12.2 Å². The van der Waals surface area contributed by atoms with Crippen LogP contribution in [0, 0.1) is 5.92 Å². The van der Waals surface area contributed by atoms with Crippen molar-refractivity contribution in [2.75, 3.05) is 45.8 Å². The van der Waals surface area contributed by atoms with Gasteiger partial charge >= 0.3 is 12.2 Å². The van der Waals surface area contributed by atoms with Gasteiger partial charge in [-0.05, 0) is 45.1 Å². The van der Waals surface area contributed by atoms with Gasteiger partial charge in [0.15, 0.2) is 0 Å². The smallest absolute Gasteiger partial charge is 0.410 e. The van der Waals surface area contributed by atoms with E-state index in [-0.39, 0.29) is 12.2 Å². The average Bonchev–Trinajstić information content (AvgIpc) is 2.72. The topological polar surface area (TPSA) is 62.3 Å². The van der Waals surface area contributed by atoms with Crippen LogP contribution in [0.1, 0.15) is 39.2 Å². The molecule has 2 aliphatic heterocycles. The zero-order valence-corrected chi connectivity index (χ0v) is 18.5. The molecule has 30 heavy (non-hydrogen) atoms. The first-order chi connectivity index (χ1) is 14.3. The summed E-state index contributed by atoms with van der Waals surface area (Å²) in [5.74, 6) is 0.580. The molecule has 2 amide bonds. The largest absolute Gasteiger partial charge is 0.445 e. The van der Waals surface area contributed by atoms with E-state index in [1.54, 1.807) is 4.90 Å². The molecule has 7 nitrogen and oxygen atoms in total. The Balaban J connectivity index is 1.33. The Morgan fingerprint density at radius 3 is 2.10 bits per heavy atom. The number of amides is 2. The van der Waals surface area contributed by atoms with E-state index < -0.39 is 5.60 Å². The van der Waals surface area contributed by atoms with E-state index >= 15 is 0 Å². The average molecular weight is 418 g/mol. The number of ether oxygens (including phenoxy) is 2. The van der Waals surface area contributed by atoms with E-state index in [1.165, 1.54) is 0 Å². The molecule has 166 valence electrons. The van der Waals surface area contributed by atoms with Gasteiger partial charge in [-0.3, -0.25) is 4.90 Å². The Hall–Kier alpha value is -2.28. The summed E-state index contributed by atoms with van der Waals surface area (Å²) in [7, 11) is 0. The maximum atomic E-state index is 12.3. The highest BCUT2D eigenvalue weighted by atomic mass is 16.6. The van der Waals surface area contributed by atoms with E-state index in [9.17, 15) is 9.59 Å². The second-order valence-corrected chi connectivity index (χ2v) is 9.24. The van der Waals surface area contributed by atoms with Crippen LogP contribution in [0.25, 0.3) is 0 Å². The number of likely N-dealkylation sites (tertiary alicyclic amines) is 1. The Labute approximate surface area is 179 Å². The molecule has 0 saturated carbocycles. The van der Waals surface area contributed by atoms with E-state index in [0.29, 0.717) is 25.6 Å². The van der Waals surface area contributed by atoms with Crippen molar-refractivity contribution in [2.24, 2.45) is 5.92 Å². The minimum atomic E-state index is -0.454. The molecule has 0 bridgehead atoms. The molecular weight excluding hydrogens is 382 g/mol. The Kier molecular flexibility index (Phi) is 7.58. The van der Waals surface area contributed by atoms with Gasteiger partial charge in [0.25, 0.3) is 0 Å². The summed E-state index contributed by atoms with van der Waals surface area (Å²) < 4.78 is 10.9. The summed E-state index contributed by atoms with van der Waals surface area (Å²) in [5.41, 5.74) is 0.552. The number of piperidine rings is 1. The predicted octanol–water partition coefficient (Wildman–Crippen LogP) is 3.59. The fraction of sp³-hybridized carbons (Fsp3) is 0.652. The first-order valence-corrected chi connectivity index (χ1v) is 11.0. The van der Waals surface area contributed by atoms with Crippen LogP contribution in [0.5, 0.6) is 0 Å². The lowest BCUT2D eigenvalue weighted by atomic mass is 9.96. The van der Waals surface area contributed by atoms with Crippen LogP contribution in [-0.4, -0.2) is 78.3 Å². The molecule has 0 atom stereocenters. The molecule has 2 saturated heterocycles. The molecule has 0 aromatic heterocycles. The zero-order valence-electron chi connectivity index (χ0n) is 18.5. The van der Waals surface area contributed by atoms with Crippen LogP contribution in [0.4, 0.5) is 9.59 Å². The molecule has 2 heterocycles. The highest BCUT2D eigenvalue weighted by molar-refractivity contribution is 5.68. The highest BCUT2D eigenvalue weighted by Gasteiger charge is 2.29. The lowest BCUT2D eigenvalue weighted by molar-refractivity contribution is 0.0122. The predicted molar refractivity (Wildman–Crippen MR) is 115 cm³/mol. The number of benzene rings is 1. The summed E-state index contributed by atoms with van der Waals surface area (Å²) >= 11 is 0. The standard InChI is InChI=1S/C23H35N3O4/c1-23(2,3)30-22(28)26-15-13-24(14-16-26)17-19-9-11-25(12-10-19)21(27)29-18-20-7-5-4-6-8-20/h4-8,19H,9-18H2,1-3H3. The fourth-order valence-electron chi connectivity index (χ4n) is 3.91. The van der Waals surface area contributed by atoms with Crippen molar-refractivity contribution >= 4 is 12.2 Å². The molecule has 2 aliphatic rings. The van der Waals surface area contributed by atoms with E-state index in [4.69, 9.17) is 9.47 Å². The molecule has 0 unspecified atom stereocenters. The Morgan fingerprint density at radius 1 is 0.900 bits per heavy atom. The first-order valence-electron chi connectivity index (χ1n) is 11.0. The third-order valence-electron chi connectivity index (χ3n) is 5.62. The van der Waals surface area contributed by atoms with Crippen molar-refractivity contribution in [3.8, 4) is 0 Å². The molecule has 1 aromatic rings. The summed E-state index contributed by atoms with van der Waals surface area (Å²) in [6.07, 6.45) is 1.55. The molecule has 0 spiro atoms. The van der Waals surface area contributed by atoms with Crippen LogP contribution in [0.2, 0.25) is 0 Å². The van der Waals surface area contributed by atoms with E-state index in [0.717, 1.165) is 51.1 Å². The molecular formula is C23H35N3O4. The van der Waals surface area contributed by atoms with Crippen LogP contribution in [0.3, 0.4) is 0 Å². The van der Waals surface area contributed by atoms with Crippen molar-refractivity contribution in [3.63, 3.8) is 0 Å². The van der Waals surface area contributed by atoms with Crippen molar-refractivity contribution in [1.82, 2.24) is 14.7 Å². The second-order valence-electron chi connectivity index (χ2n) is 9.24. The van der Waals surface area contributed by atoms with Crippen molar-refractivity contribution < 1.29 is 19.1 Å². The number of hydrogen-bond donors (Lipinski definition) is 0. The monoisotopic (exact) mass is 417 g/mol. The summed E-state index contributed by atoms with van der Waals surface area (Å²) in [6, 6.07) is 9.77. The van der Waals surface area contributed by atoms with Crippen LogP contribution >= 0.6 is 0 Å². The SMILES string of the molecule is CC(C)(C)OC(=O)N1CCN(CC2CCN(C(=O)OCc3ccccc3)CC2)CC1. The van der Waals surface area contributed by atoms with Gasteiger partial charge < -0.3 is 19.3 Å². The molecule has 0 N–H and O–H groups in total. The lowest BCUT2D eigenvalue weighted by Crippen LogP contribution is -2.51. The molecule has 0 aliphatic carbocycles. The number of carbonyl (C=O) groups excluding carboxylic acids is 2. The highest BCUT2D eigenvalue weighted by Crippen LogP contribution is 2.20. The number of piperazine rings is 1. The number of nitrogens with zero attached hydrogens (tertiary/aromatic N) is 3. The van der Waals surface area contributed by atoms with Crippen LogP contribution < -0.4 is 0 Å². The molecule has 1 aromatic carbocycles. The number of hydrogen-bond acceptors (Lipinski definition) is 5. The van der Waals surface area contributed by atoms with E-state index in [1.807, 2.05) is 56.0 Å². The zero-order chi connectivity index (χ0) is 21.6. The van der Waals surface area contributed by atoms with Gasteiger partial charge in [0, 0.05) is 45.8 Å². The third-order valence-corrected chi connectivity index (χ3v) is 5.62. The third kappa shape index (κ3) is 6.90. The van der Waals surface area contributed by atoms with Gasteiger partial charge in [-0.1, -0.05) is 30.3 Å². The second kappa shape index (κ2) is 10.2. The maximum absolute atomic E-state index is 12.3. The van der Waals surface area contributed by atoms with Crippen molar-refractivity contribution in [2.45, 2.75) is 45.8 Å². The van der Waals surface area contributed by atoms with Crippen LogP contribution in [-0.2, 0) is 16.1 Å². The van der Waals surface area contributed by atoms with Gasteiger partial charge in [-0.25, -0.2) is 9.59 Å². The normalized spacial score (nSPS) is 18.9. The quantitative estimate of drug-likeness (QED) is 0.749. The first kappa shape index (κ1) is 22.4. The maximum Gasteiger partial charge on any atom is 0.410 e. The van der Waals surface area contributed by atoms with Gasteiger partial charge in [-0.2, -0.15) is 0 Å². The fourth-order valence-corrected chi connectivity index (χ4v) is 3.91. The summed E-state index contributed by atoms with van der Waals surface area (Å²) in [4.78, 5) is 30.5.